The van der Waals surface area contributed by atoms with Gasteiger partial charge in [0.05, 0.1) is 11.7 Å². The number of thiophene rings is 1. The van der Waals surface area contributed by atoms with E-state index in [2.05, 4.69) is 38.7 Å². The number of carbonyl (C=O) groups is 1. The lowest BCUT2D eigenvalue weighted by Crippen LogP contribution is -2.63. The largest absolute Gasteiger partial charge is 0.491 e. The summed E-state index contributed by atoms with van der Waals surface area (Å²) in [5, 5.41) is 7.45. The lowest BCUT2D eigenvalue weighted by Gasteiger charge is -2.52. The average molecular weight is 450 g/mol. The van der Waals surface area contributed by atoms with Gasteiger partial charge in [0.2, 0.25) is 0 Å². The van der Waals surface area contributed by atoms with Crippen molar-refractivity contribution in [1.29, 1.82) is 0 Å². The van der Waals surface area contributed by atoms with E-state index in [1.807, 2.05) is 19.1 Å². The average Bonchev–Trinajstić information content (AvgIpc) is 3.10. The molecular formula is C24H27N5O2S. The Morgan fingerprint density at radius 1 is 1.34 bits per heavy atom. The topological polar surface area (TPSA) is 92.5 Å². The fourth-order valence-corrected chi connectivity index (χ4v) is 6.21. The second kappa shape index (κ2) is 7.64. The molecule has 3 atom stereocenters. The van der Waals surface area contributed by atoms with E-state index >= 15 is 0 Å². The highest BCUT2D eigenvalue weighted by atomic mass is 32.1. The molecule has 0 bridgehead atoms. The number of hydrogen-bond donors (Lipinski definition) is 3. The first-order valence-corrected chi connectivity index (χ1v) is 12.1. The summed E-state index contributed by atoms with van der Waals surface area (Å²) < 4.78 is 6.08. The molecule has 0 unspecified atom stereocenters. The zero-order valence-corrected chi connectivity index (χ0v) is 18.9. The molecule has 5 heterocycles. The highest BCUT2D eigenvalue weighted by Crippen LogP contribution is 2.38. The van der Waals surface area contributed by atoms with Crippen LogP contribution in [0.15, 0.2) is 30.3 Å². The maximum absolute atomic E-state index is 12.9. The van der Waals surface area contributed by atoms with Gasteiger partial charge in [0.1, 0.15) is 22.1 Å². The maximum Gasteiger partial charge on any atom is 0.263 e. The number of nitrogens with one attached hydrogen (secondary N) is 2. The summed E-state index contributed by atoms with van der Waals surface area (Å²) >= 11 is 1.34. The predicted octanol–water partition coefficient (Wildman–Crippen LogP) is 2.72. The number of benzene rings is 1. The Balaban J connectivity index is 1.15. The molecule has 0 spiro atoms. The molecule has 0 saturated carbocycles. The first-order chi connectivity index (χ1) is 15.6. The number of fused-ring (bicyclic) bond motifs is 3. The lowest BCUT2D eigenvalue weighted by molar-refractivity contribution is 0.0920. The van der Waals surface area contributed by atoms with Gasteiger partial charge in [0.25, 0.3) is 5.91 Å². The number of hydrogen-bond acceptors (Lipinski definition) is 7. The third kappa shape index (κ3) is 3.29. The number of rotatable bonds is 3. The Bertz CT molecular complexity index is 1210. The van der Waals surface area contributed by atoms with Crippen molar-refractivity contribution >= 4 is 38.8 Å². The van der Waals surface area contributed by atoms with Gasteiger partial charge in [-0.15, -0.1) is 11.3 Å². The maximum atomic E-state index is 12.9. The van der Waals surface area contributed by atoms with Crippen LogP contribution in [0, 0.1) is 12.8 Å². The first kappa shape index (κ1) is 19.8. The lowest BCUT2D eigenvalue weighted by atomic mass is 9.82. The van der Waals surface area contributed by atoms with Crippen molar-refractivity contribution < 1.29 is 9.53 Å². The molecule has 1 amide bonds. The summed E-state index contributed by atoms with van der Waals surface area (Å²) in [6.45, 7) is 5.72. The number of nitrogen functional groups attached to an aromatic ring is 1. The van der Waals surface area contributed by atoms with Crippen LogP contribution in [0.3, 0.4) is 0 Å². The number of ether oxygens (including phenoxy) is 1. The molecule has 4 N–H and O–H groups in total. The Labute approximate surface area is 191 Å². The van der Waals surface area contributed by atoms with E-state index in [-0.39, 0.29) is 11.9 Å². The van der Waals surface area contributed by atoms with Gasteiger partial charge in [-0.25, -0.2) is 4.98 Å². The summed E-state index contributed by atoms with van der Waals surface area (Å²) in [5.41, 5.74) is 10.0. The van der Waals surface area contributed by atoms with Gasteiger partial charge in [-0.2, -0.15) is 0 Å². The van der Waals surface area contributed by atoms with Crippen LogP contribution in [0.5, 0.6) is 5.75 Å². The smallest absolute Gasteiger partial charge is 0.263 e. The van der Waals surface area contributed by atoms with Crippen molar-refractivity contribution in [3.05, 3.63) is 46.5 Å². The molecule has 0 radical (unpaired) electrons. The minimum Gasteiger partial charge on any atom is -0.491 e. The van der Waals surface area contributed by atoms with E-state index in [9.17, 15) is 4.79 Å². The standard InChI is InChI=1S/C24H27N5O2S/c1-13-2-5-18-21(25)22(32-24(18)27-13)23(30)28-16-8-14-3-4-17(9-20(14)31-12-16)29-11-15-6-7-26-10-19(15)29/h2-5,9,15-16,19,26H,6-8,10-12,25H2,1H3,(H,28,30)/t15-,16-,19-/m1/s1. The Kier molecular flexibility index (Phi) is 4.73. The van der Waals surface area contributed by atoms with E-state index in [0.29, 0.717) is 23.2 Å². The molecule has 1 aromatic carbocycles. The second-order valence-corrected chi connectivity index (χ2v) is 10.1. The number of nitrogens with zero attached hydrogens (tertiary/aromatic N) is 2. The number of piperidine rings is 1. The summed E-state index contributed by atoms with van der Waals surface area (Å²) in [4.78, 5) is 21.2. The number of carbonyl (C=O) groups excluding carboxylic acids is 1. The van der Waals surface area contributed by atoms with Crippen LogP contribution < -0.4 is 26.0 Å². The Hall–Kier alpha value is -2.84. The number of pyridine rings is 1. The fourth-order valence-electron chi connectivity index (χ4n) is 5.16. The molecule has 6 rings (SSSR count). The molecular weight excluding hydrogens is 422 g/mol. The third-order valence-electron chi connectivity index (χ3n) is 6.98. The van der Waals surface area contributed by atoms with Gasteiger partial charge < -0.3 is 26.0 Å². The molecule has 0 aliphatic carbocycles. The van der Waals surface area contributed by atoms with Gasteiger partial charge in [0.15, 0.2) is 0 Å². The van der Waals surface area contributed by atoms with E-state index in [1.165, 1.54) is 23.4 Å². The van der Waals surface area contributed by atoms with E-state index in [0.717, 1.165) is 59.2 Å². The number of nitrogens with two attached hydrogens (primary N) is 1. The minimum absolute atomic E-state index is 0.0870. The van der Waals surface area contributed by atoms with Crippen LogP contribution in [0.25, 0.3) is 10.2 Å². The highest BCUT2D eigenvalue weighted by molar-refractivity contribution is 7.21. The quantitative estimate of drug-likeness (QED) is 0.569. The van der Waals surface area contributed by atoms with Crippen LogP contribution >= 0.6 is 11.3 Å². The fraction of sp³-hybridized carbons (Fsp3) is 0.417. The summed E-state index contributed by atoms with van der Waals surface area (Å²) in [6, 6.07) is 10.9. The number of anilines is 2. The van der Waals surface area contributed by atoms with E-state index in [1.54, 1.807) is 0 Å². The SMILES string of the molecule is Cc1ccc2c(N)c(C(=O)N[C@H]3COc4cc(N5C[C@H]6CCNC[C@H]65)ccc4C3)sc2n1. The normalized spacial score (nSPS) is 24.3. The van der Waals surface area contributed by atoms with Crippen LogP contribution in [0.1, 0.15) is 27.3 Å². The van der Waals surface area contributed by atoms with Crippen LogP contribution in [-0.2, 0) is 6.42 Å². The zero-order chi connectivity index (χ0) is 21.8. The predicted molar refractivity (Wildman–Crippen MR) is 128 cm³/mol. The highest BCUT2D eigenvalue weighted by Gasteiger charge is 2.40. The van der Waals surface area contributed by atoms with Crippen molar-refractivity contribution in [3.8, 4) is 5.75 Å². The molecule has 2 fully saturated rings. The number of aromatic nitrogens is 1. The van der Waals surface area contributed by atoms with Crippen molar-refractivity contribution in [2.24, 2.45) is 5.92 Å². The molecule has 8 heteroatoms. The minimum atomic E-state index is -0.159. The molecule has 7 nitrogen and oxygen atoms in total. The van der Waals surface area contributed by atoms with Gasteiger partial charge in [-0.1, -0.05) is 6.07 Å². The van der Waals surface area contributed by atoms with E-state index in [4.69, 9.17) is 10.5 Å². The summed E-state index contributed by atoms with van der Waals surface area (Å²) in [7, 11) is 0. The zero-order valence-electron chi connectivity index (χ0n) is 18.1. The van der Waals surface area contributed by atoms with Crippen LogP contribution in [0.2, 0.25) is 0 Å². The van der Waals surface area contributed by atoms with Gasteiger partial charge in [-0.05, 0) is 56.0 Å². The first-order valence-electron chi connectivity index (χ1n) is 11.3. The Morgan fingerprint density at radius 2 is 2.25 bits per heavy atom. The van der Waals surface area contributed by atoms with E-state index < -0.39 is 0 Å². The summed E-state index contributed by atoms with van der Waals surface area (Å²) in [5.74, 6) is 1.59. The van der Waals surface area contributed by atoms with Crippen molar-refractivity contribution in [2.45, 2.75) is 31.8 Å². The van der Waals surface area contributed by atoms with Crippen molar-refractivity contribution in [1.82, 2.24) is 15.6 Å². The van der Waals surface area contributed by atoms with Gasteiger partial charge in [-0.3, -0.25) is 4.79 Å². The molecule has 166 valence electrons. The number of aryl methyl sites for hydroxylation is 1. The molecule has 3 aromatic rings. The molecule has 3 aliphatic heterocycles. The van der Waals surface area contributed by atoms with Crippen LogP contribution in [-0.4, -0.2) is 49.2 Å². The van der Waals surface area contributed by atoms with Gasteiger partial charge >= 0.3 is 0 Å². The molecule has 2 aromatic heterocycles. The number of amides is 1. The van der Waals surface area contributed by atoms with Crippen molar-refractivity contribution in [3.63, 3.8) is 0 Å². The second-order valence-electron chi connectivity index (χ2n) is 9.10. The Morgan fingerprint density at radius 3 is 3.12 bits per heavy atom. The van der Waals surface area contributed by atoms with Crippen LogP contribution in [0.4, 0.5) is 11.4 Å². The monoisotopic (exact) mass is 449 g/mol. The molecule has 2 saturated heterocycles. The third-order valence-corrected chi connectivity index (χ3v) is 8.10. The van der Waals surface area contributed by atoms with Crippen molar-refractivity contribution in [2.75, 3.05) is 36.9 Å². The molecule has 3 aliphatic rings. The molecule has 32 heavy (non-hydrogen) atoms. The summed E-state index contributed by atoms with van der Waals surface area (Å²) in [6.07, 6.45) is 2.01. The van der Waals surface area contributed by atoms with Gasteiger partial charge in [0, 0.05) is 42.0 Å².